The van der Waals surface area contributed by atoms with Crippen molar-refractivity contribution in [2.75, 3.05) is 30.5 Å². The highest BCUT2D eigenvalue weighted by Crippen LogP contribution is 2.25. The summed E-state index contributed by atoms with van der Waals surface area (Å²) >= 11 is 1.45. The summed E-state index contributed by atoms with van der Waals surface area (Å²) in [6.07, 6.45) is 0.622. The van der Waals surface area contributed by atoms with Gasteiger partial charge in [0.05, 0.1) is 18.5 Å². The van der Waals surface area contributed by atoms with Crippen LogP contribution < -0.4 is 0 Å². The number of aliphatic hydroxyl groups excluding tert-OH is 1. The largest absolute Gasteiger partial charge is 0.437 e. The van der Waals surface area contributed by atoms with Gasteiger partial charge in [-0.3, -0.25) is 4.55 Å². The number of thioether (sulfide) groups is 1. The van der Waals surface area contributed by atoms with Crippen LogP contribution in [0.25, 0.3) is 0 Å². The van der Waals surface area contributed by atoms with Crippen molar-refractivity contribution < 1.29 is 31.0 Å². The van der Waals surface area contributed by atoms with Crippen LogP contribution in [0.15, 0.2) is 0 Å². The van der Waals surface area contributed by atoms with E-state index in [1.54, 1.807) is 0 Å². The standard InChI is InChI=1S/C16H40O7S2Si3/c1-26(2,3)22-28(7,23-27(4,5)6)13-8-10-21-14-16(17)15-24-11-9-12-25(18,19)20/h16-17H,8-15H2,1-7H3,(H,18,19,20). The summed E-state index contributed by atoms with van der Waals surface area (Å²) in [6, 6.07) is 0.877. The molecule has 0 saturated heterocycles. The maximum atomic E-state index is 10.6. The molecule has 0 aromatic heterocycles. The number of aliphatic hydroxyl groups is 1. The zero-order chi connectivity index (χ0) is 22.1. The third kappa shape index (κ3) is 18.8. The molecular formula is C16H40O7S2Si3. The molecule has 0 amide bonds. The van der Waals surface area contributed by atoms with Crippen LogP contribution in [0.4, 0.5) is 0 Å². The Balaban J connectivity index is 4.09. The zero-order valence-corrected chi connectivity index (χ0v) is 23.1. The van der Waals surface area contributed by atoms with E-state index in [2.05, 4.69) is 45.8 Å². The monoisotopic (exact) mass is 492 g/mol. The molecule has 0 rings (SSSR count). The highest BCUT2D eigenvalue weighted by atomic mass is 32.2. The fourth-order valence-electron chi connectivity index (χ4n) is 2.74. The van der Waals surface area contributed by atoms with Gasteiger partial charge in [0.2, 0.25) is 0 Å². The summed E-state index contributed by atoms with van der Waals surface area (Å²) in [7, 11) is -9.51. The number of hydrogen-bond donors (Lipinski definition) is 2. The van der Waals surface area contributed by atoms with Gasteiger partial charge in [-0.2, -0.15) is 20.2 Å². The normalized spacial score (nSPS) is 15.0. The molecule has 0 heterocycles. The van der Waals surface area contributed by atoms with Crippen molar-refractivity contribution in [3.8, 4) is 0 Å². The summed E-state index contributed by atoms with van der Waals surface area (Å²) < 4.78 is 48.4. The second-order valence-corrected chi connectivity index (χ2v) is 24.7. The molecule has 0 aromatic carbocycles. The Kier molecular flexibility index (Phi) is 12.9. The first-order valence-electron chi connectivity index (χ1n) is 9.70. The molecule has 0 spiro atoms. The van der Waals surface area contributed by atoms with E-state index in [4.69, 9.17) is 17.5 Å². The molecule has 7 nitrogen and oxygen atoms in total. The first-order chi connectivity index (χ1) is 12.5. The zero-order valence-electron chi connectivity index (χ0n) is 18.5. The van der Waals surface area contributed by atoms with Crippen molar-refractivity contribution in [1.29, 1.82) is 0 Å². The lowest BCUT2D eigenvalue weighted by atomic mass is 10.4. The third-order valence-corrected chi connectivity index (χ3v) is 14.9. The van der Waals surface area contributed by atoms with Gasteiger partial charge in [0.15, 0.2) is 16.6 Å². The second-order valence-electron chi connectivity index (χ2n) is 9.11. The Labute approximate surface area is 179 Å². The van der Waals surface area contributed by atoms with Crippen LogP contribution >= 0.6 is 11.8 Å². The minimum absolute atomic E-state index is 0.242. The van der Waals surface area contributed by atoms with E-state index in [1.807, 2.05) is 0 Å². The topological polar surface area (TPSA) is 102 Å². The predicted octanol–water partition coefficient (Wildman–Crippen LogP) is 3.54. The Morgan fingerprint density at radius 1 is 0.964 bits per heavy atom. The minimum Gasteiger partial charge on any atom is -0.437 e. The lowest BCUT2D eigenvalue weighted by Crippen LogP contribution is -2.52. The van der Waals surface area contributed by atoms with Gasteiger partial charge in [-0.1, -0.05) is 0 Å². The fourth-order valence-corrected chi connectivity index (χ4v) is 16.8. The van der Waals surface area contributed by atoms with Crippen molar-refractivity contribution in [2.24, 2.45) is 0 Å². The molecule has 0 aliphatic rings. The fraction of sp³-hybridized carbons (Fsp3) is 1.00. The number of hydrogen-bond acceptors (Lipinski definition) is 7. The molecule has 0 fully saturated rings. The van der Waals surface area contributed by atoms with E-state index >= 15 is 0 Å². The molecule has 2 N–H and O–H groups in total. The SMILES string of the molecule is C[Si](C)(C)O[Si](C)(CCCOCC(O)CSCCCS(=O)(=O)O)O[Si](C)(C)C. The Bertz CT molecular complexity index is 517. The van der Waals surface area contributed by atoms with Gasteiger partial charge in [-0.25, -0.2) is 0 Å². The van der Waals surface area contributed by atoms with Crippen molar-refractivity contribution in [1.82, 2.24) is 0 Å². The van der Waals surface area contributed by atoms with Crippen LogP contribution in [0.2, 0.25) is 51.9 Å². The van der Waals surface area contributed by atoms with Crippen molar-refractivity contribution in [3.63, 3.8) is 0 Å². The summed E-state index contributed by atoms with van der Waals surface area (Å²) in [4.78, 5) is 0. The third-order valence-electron chi connectivity index (χ3n) is 3.28. The van der Waals surface area contributed by atoms with Crippen LogP contribution in [0.5, 0.6) is 0 Å². The van der Waals surface area contributed by atoms with E-state index in [9.17, 15) is 13.5 Å². The van der Waals surface area contributed by atoms with Gasteiger partial charge in [0.1, 0.15) is 0 Å². The quantitative estimate of drug-likeness (QED) is 0.192. The molecule has 170 valence electrons. The van der Waals surface area contributed by atoms with Crippen LogP contribution in [0, 0.1) is 0 Å². The average Bonchev–Trinajstić information content (AvgIpc) is 2.40. The summed E-state index contributed by atoms with van der Waals surface area (Å²) in [6.45, 7) is 16.1. The smallest absolute Gasteiger partial charge is 0.314 e. The van der Waals surface area contributed by atoms with Crippen molar-refractivity contribution in [3.05, 3.63) is 0 Å². The molecule has 0 saturated carbocycles. The van der Waals surface area contributed by atoms with Crippen LogP contribution in [-0.2, 0) is 23.1 Å². The maximum absolute atomic E-state index is 10.6. The second kappa shape index (κ2) is 12.6. The molecule has 0 aromatic rings. The van der Waals surface area contributed by atoms with Gasteiger partial charge in [0.25, 0.3) is 10.1 Å². The van der Waals surface area contributed by atoms with Crippen LogP contribution in [0.3, 0.4) is 0 Å². The van der Waals surface area contributed by atoms with Crippen LogP contribution in [-0.4, -0.2) is 79.8 Å². The molecule has 28 heavy (non-hydrogen) atoms. The van der Waals surface area contributed by atoms with Crippen LogP contribution in [0.1, 0.15) is 12.8 Å². The molecule has 0 bridgehead atoms. The van der Waals surface area contributed by atoms with Gasteiger partial charge in [0, 0.05) is 12.4 Å². The lowest BCUT2D eigenvalue weighted by Gasteiger charge is -2.38. The number of ether oxygens (including phenoxy) is 1. The van der Waals surface area contributed by atoms with E-state index in [1.165, 1.54) is 11.8 Å². The highest BCUT2D eigenvalue weighted by Gasteiger charge is 2.39. The van der Waals surface area contributed by atoms with E-state index in [-0.39, 0.29) is 12.4 Å². The van der Waals surface area contributed by atoms with E-state index in [0.29, 0.717) is 24.5 Å². The predicted molar refractivity (Wildman–Crippen MR) is 125 cm³/mol. The Hall–Kier alpha value is 0.751. The first kappa shape index (κ1) is 28.8. The van der Waals surface area contributed by atoms with Gasteiger partial charge < -0.3 is 18.1 Å². The summed E-state index contributed by atoms with van der Waals surface area (Å²) in [5.74, 6) is 0.812. The number of rotatable bonds is 16. The molecule has 12 heteroatoms. The summed E-state index contributed by atoms with van der Waals surface area (Å²) in [5, 5.41) is 9.93. The van der Waals surface area contributed by atoms with Gasteiger partial charge in [-0.05, 0) is 70.5 Å². The maximum Gasteiger partial charge on any atom is 0.314 e. The van der Waals surface area contributed by atoms with E-state index in [0.717, 1.165) is 12.5 Å². The summed E-state index contributed by atoms with van der Waals surface area (Å²) in [5.41, 5.74) is 0. The molecule has 1 unspecified atom stereocenters. The van der Waals surface area contributed by atoms with Crippen molar-refractivity contribution >= 4 is 47.1 Å². The Morgan fingerprint density at radius 3 is 1.96 bits per heavy atom. The van der Waals surface area contributed by atoms with Crippen molar-refractivity contribution in [2.45, 2.75) is 70.8 Å². The van der Waals surface area contributed by atoms with Gasteiger partial charge >= 0.3 is 8.56 Å². The van der Waals surface area contributed by atoms with Gasteiger partial charge in [-0.15, -0.1) is 0 Å². The lowest BCUT2D eigenvalue weighted by molar-refractivity contribution is 0.0484. The molecule has 1 atom stereocenters. The first-order valence-corrected chi connectivity index (χ1v) is 21.8. The molecule has 0 aliphatic heterocycles. The average molecular weight is 493 g/mol. The minimum atomic E-state index is -3.89. The highest BCUT2D eigenvalue weighted by molar-refractivity contribution is 7.99. The molecule has 0 radical (unpaired) electrons. The van der Waals surface area contributed by atoms with E-state index < -0.39 is 41.4 Å². The molecular weight excluding hydrogens is 453 g/mol. The Morgan fingerprint density at radius 2 is 1.50 bits per heavy atom. The molecule has 0 aliphatic carbocycles.